The van der Waals surface area contributed by atoms with Crippen LogP contribution in [0.15, 0.2) is 48.5 Å². The van der Waals surface area contributed by atoms with Crippen LogP contribution in [0.3, 0.4) is 0 Å². The van der Waals surface area contributed by atoms with Gasteiger partial charge in [-0.05, 0) is 46.9 Å². The molecule has 3 atom stereocenters. The van der Waals surface area contributed by atoms with E-state index in [9.17, 15) is 19.5 Å². The summed E-state index contributed by atoms with van der Waals surface area (Å²) < 4.78 is 5.47. The highest BCUT2D eigenvalue weighted by atomic mass is 16.5. The van der Waals surface area contributed by atoms with Gasteiger partial charge in [0.1, 0.15) is 12.6 Å². The van der Waals surface area contributed by atoms with Crippen molar-refractivity contribution in [1.82, 2.24) is 10.6 Å². The molecule has 0 aliphatic heterocycles. The van der Waals surface area contributed by atoms with Crippen molar-refractivity contribution >= 4 is 18.0 Å². The number of hydrogen-bond donors (Lipinski definition) is 3. The van der Waals surface area contributed by atoms with Gasteiger partial charge < -0.3 is 20.5 Å². The highest BCUT2D eigenvalue weighted by Gasteiger charge is 2.40. The lowest BCUT2D eigenvalue weighted by molar-refractivity contribution is -0.139. The number of rotatable bonds is 9. The second-order valence-electron chi connectivity index (χ2n) is 9.36. The number of alkyl carbamates (subject to hydrolysis) is 1. The Bertz CT molecular complexity index is 1000. The largest absolute Gasteiger partial charge is 0.481 e. The number of carboxylic acid groups (broad SMARTS) is 1. The number of carbonyl (C=O) groups is 3. The molecule has 2 aliphatic carbocycles. The molecule has 0 radical (unpaired) electrons. The maximum Gasteiger partial charge on any atom is 0.407 e. The highest BCUT2D eigenvalue weighted by Crippen LogP contribution is 2.44. The maximum atomic E-state index is 12.6. The van der Waals surface area contributed by atoms with Gasteiger partial charge in [-0.3, -0.25) is 9.59 Å². The Labute approximate surface area is 193 Å². The maximum absolute atomic E-state index is 12.6. The third-order valence-electron chi connectivity index (χ3n) is 6.36. The van der Waals surface area contributed by atoms with E-state index in [2.05, 4.69) is 24.5 Å². The van der Waals surface area contributed by atoms with E-state index in [1.165, 1.54) is 0 Å². The van der Waals surface area contributed by atoms with Gasteiger partial charge in [0.2, 0.25) is 5.91 Å². The van der Waals surface area contributed by atoms with Crippen molar-refractivity contribution in [1.29, 1.82) is 0 Å². The van der Waals surface area contributed by atoms with E-state index >= 15 is 0 Å². The normalized spacial score (nSPS) is 19.4. The van der Waals surface area contributed by atoms with Gasteiger partial charge in [-0.2, -0.15) is 0 Å². The average molecular weight is 451 g/mol. The first kappa shape index (κ1) is 22.8. The zero-order chi connectivity index (χ0) is 23.5. The van der Waals surface area contributed by atoms with Crippen LogP contribution in [0.4, 0.5) is 4.79 Å². The summed E-state index contributed by atoms with van der Waals surface area (Å²) in [5.74, 6) is -0.816. The fraction of sp³-hybridized carbons (Fsp3) is 0.423. The lowest BCUT2D eigenvalue weighted by Crippen LogP contribution is -2.49. The molecule has 2 aliphatic rings. The average Bonchev–Trinajstić information content (AvgIpc) is 3.40. The number of carboxylic acids is 1. The minimum Gasteiger partial charge on any atom is -0.481 e. The fourth-order valence-electron chi connectivity index (χ4n) is 4.74. The van der Waals surface area contributed by atoms with Gasteiger partial charge in [-0.25, -0.2) is 4.79 Å². The van der Waals surface area contributed by atoms with Crippen LogP contribution in [0.5, 0.6) is 0 Å². The molecule has 4 rings (SSSR count). The molecule has 174 valence electrons. The first-order valence-corrected chi connectivity index (χ1v) is 11.5. The van der Waals surface area contributed by atoms with E-state index in [1.807, 2.05) is 48.5 Å². The molecular formula is C26H30N2O5. The van der Waals surface area contributed by atoms with E-state index in [1.54, 1.807) is 0 Å². The molecule has 3 N–H and O–H groups in total. The number of carbonyl (C=O) groups excluding carboxylic acids is 2. The van der Waals surface area contributed by atoms with Gasteiger partial charge in [-0.1, -0.05) is 62.4 Å². The number of nitrogens with one attached hydrogen (secondary N) is 2. The monoisotopic (exact) mass is 450 g/mol. The van der Waals surface area contributed by atoms with Gasteiger partial charge in [-0.15, -0.1) is 0 Å². The van der Waals surface area contributed by atoms with Crippen molar-refractivity contribution in [3.8, 4) is 11.1 Å². The van der Waals surface area contributed by atoms with Crippen molar-refractivity contribution in [3.05, 3.63) is 59.7 Å². The van der Waals surface area contributed by atoms with Gasteiger partial charge in [0.15, 0.2) is 0 Å². The smallest absolute Gasteiger partial charge is 0.407 e. The summed E-state index contributed by atoms with van der Waals surface area (Å²) in [6.45, 7) is 4.35. The van der Waals surface area contributed by atoms with Crippen LogP contribution < -0.4 is 10.6 Å². The van der Waals surface area contributed by atoms with Crippen molar-refractivity contribution in [2.24, 2.45) is 11.8 Å². The summed E-state index contributed by atoms with van der Waals surface area (Å²) in [7, 11) is 0. The molecule has 0 saturated heterocycles. The fourth-order valence-corrected chi connectivity index (χ4v) is 4.74. The predicted octanol–water partition coefficient (Wildman–Crippen LogP) is 3.92. The third-order valence-corrected chi connectivity index (χ3v) is 6.36. The summed E-state index contributed by atoms with van der Waals surface area (Å²) in [5, 5.41) is 14.5. The predicted molar refractivity (Wildman–Crippen MR) is 124 cm³/mol. The molecule has 7 heteroatoms. The summed E-state index contributed by atoms with van der Waals surface area (Å²) in [6.07, 6.45) is 0.591. The number of ether oxygens (including phenoxy) is 1. The third kappa shape index (κ3) is 5.35. The Morgan fingerprint density at radius 1 is 1.03 bits per heavy atom. The van der Waals surface area contributed by atoms with E-state index in [0.717, 1.165) is 35.1 Å². The number of fused-ring (bicyclic) bond motifs is 3. The lowest BCUT2D eigenvalue weighted by Gasteiger charge is -2.19. The van der Waals surface area contributed by atoms with Crippen molar-refractivity contribution in [2.75, 3.05) is 6.61 Å². The van der Waals surface area contributed by atoms with Crippen LogP contribution in [0.1, 0.15) is 50.2 Å². The van der Waals surface area contributed by atoms with Gasteiger partial charge in [0.05, 0.1) is 6.42 Å². The molecule has 3 unspecified atom stereocenters. The molecule has 2 aromatic rings. The molecule has 2 amide bonds. The molecule has 0 heterocycles. The highest BCUT2D eigenvalue weighted by molar-refractivity contribution is 5.89. The molecule has 0 spiro atoms. The summed E-state index contributed by atoms with van der Waals surface area (Å²) in [4.78, 5) is 36.4. The number of aliphatic carboxylic acids is 1. The van der Waals surface area contributed by atoms with Gasteiger partial charge in [0, 0.05) is 12.0 Å². The van der Waals surface area contributed by atoms with Crippen molar-refractivity contribution in [2.45, 2.75) is 51.1 Å². The van der Waals surface area contributed by atoms with Crippen LogP contribution in [-0.2, 0) is 14.3 Å². The molecule has 1 saturated carbocycles. The van der Waals surface area contributed by atoms with Crippen LogP contribution in [0.2, 0.25) is 0 Å². The molecule has 33 heavy (non-hydrogen) atoms. The van der Waals surface area contributed by atoms with Crippen LogP contribution in [-0.4, -0.2) is 41.8 Å². The Morgan fingerprint density at radius 2 is 1.64 bits per heavy atom. The zero-order valence-corrected chi connectivity index (χ0v) is 18.9. The molecule has 0 bridgehead atoms. The Balaban J connectivity index is 1.36. The quantitative estimate of drug-likeness (QED) is 0.537. The molecule has 2 aromatic carbocycles. The Hall–Kier alpha value is -3.35. The standard InChI is InChI=1S/C26H30N2O5/c1-15(2)11-16-12-22(16)27-25(31)23(13-24(29)30)28-26(32)33-14-21-19-9-5-3-7-17(19)18-8-4-6-10-20(18)21/h3-10,15-16,21-23H,11-14H2,1-2H3,(H,27,31)(H,28,32)(H,29,30). The SMILES string of the molecule is CC(C)CC1CC1NC(=O)C(CC(=O)O)NC(=O)OCC1c2ccccc2-c2ccccc21. The number of hydrogen-bond acceptors (Lipinski definition) is 4. The molecular weight excluding hydrogens is 420 g/mol. The van der Waals surface area contributed by atoms with Crippen LogP contribution >= 0.6 is 0 Å². The molecule has 7 nitrogen and oxygen atoms in total. The second kappa shape index (κ2) is 9.65. The lowest BCUT2D eigenvalue weighted by atomic mass is 9.98. The van der Waals surface area contributed by atoms with Crippen molar-refractivity contribution < 1.29 is 24.2 Å². The van der Waals surface area contributed by atoms with Crippen molar-refractivity contribution in [3.63, 3.8) is 0 Å². The second-order valence-corrected chi connectivity index (χ2v) is 9.36. The zero-order valence-electron chi connectivity index (χ0n) is 18.9. The van der Waals surface area contributed by atoms with E-state index < -0.39 is 30.4 Å². The van der Waals surface area contributed by atoms with Crippen LogP contribution in [0.25, 0.3) is 11.1 Å². The van der Waals surface area contributed by atoms with Gasteiger partial charge in [0.25, 0.3) is 0 Å². The van der Waals surface area contributed by atoms with E-state index in [-0.39, 0.29) is 18.6 Å². The Kier molecular flexibility index (Phi) is 6.67. The van der Waals surface area contributed by atoms with E-state index in [0.29, 0.717) is 11.8 Å². The Morgan fingerprint density at radius 3 is 2.21 bits per heavy atom. The van der Waals surface area contributed by atoms with Gasteiger partial charge >= 0.3 is 12.1 Å². The summed E-state index contributed by atoms with van der Waals surface area (Å²) in [6, 6.07) is 14.9. The van der Waals surface area contributed by atoms with E-state index in [4.69, 9.17) is 4.74 Å². The first-order chi connectivity index (χ1) is 15.8. The summed E-state index contributed by atoms with van der Waals surface area (Å²) in [5.41, 5.74) is 4.39. The molecule has 0 aromatic heterocycles. The first-order valence-electron chi connectivity index (χ1n) is 11.5. The number of amides is 2. The minimum atomic E-state index is -1.18. The molecule has 1 fully saturated rings. The number of benzene rings is 2. The topological polar surface area (TPSA) is 105 Å². The minimum absolute atomic E-state index is 0.0421. The van der Waals surface area contributed by atoms with Crippen LogP contribution in [0, 0.1) is 11.8 Å². The summed E-state index contributed by atoms with van der Waals surface area (Å²) >= 11 is 0.